The van der Waals surface area contributed by atoms with Crippen molar-refractivity contribution in [2.45, 2.75) is 6.92 Å². The van der Waals surface area contributed by atoms with Crippen LogP contribution in [-0.2, 0) is 58.3 Å². The first-order valence-electron chi connectivity index (χ1n) is 6.02. The molecular weight excluding hydrogens is 554 g/mol. The zero-order chi connectivity index (χ0) is 24.4. The van der Waals surface area contributed by atoms with E-state index in [9.17, 15) is 32.2 Å². The van der Waals surface area contributed by atoms with Crippen molar-refractivity contribution < 1.29 is 92.5 Å². The molecule has 0 aromatic rings. The van der Waals surface area contributed by atoms with Crippen LogP contribution in [0.2, 0.25) is 0 Å². The number of carbonyl (C=O) groups is 1. The summed E-state index contributed by atoms with van der Waals surface area (Å²) in [5.41, 5.74) is -0.498. The summed E-state index contributed by atoms with van der Waals surface area (Å²) in [6.45, 7) is 3.96. The first-order valence-corrected chi connectivity index (χ1v) is 15.0. The summed E-state index contributed by atoms with van der Waals surface area (Å²) in [5.74, 6) is -1.62. The predicted octanol–water partition coefficient (Wildman–Crippen LogP) is 0.783. The molecule has 26 heteroatoms. The summed E-state index contributed by atoms with van der Waals surface area (Å²) >= 11 is 0. The minimum absolute atomic E-state index is 0.498. The van der Waals surface area contributed by atoms with Gasteiger partial charge in [-0.05, 0) is 6.92 Å². The van der Waals surface area contributed by atoms with Gasteiger partial charge in [0.05, 0.1) is 0 Å². The molecule has 0 rings (SSSR count). The van der Waals surface area contributed by atoms with Crippen molar-refractivity contribution in [1.82, 2.24) is 0 Å². The van der Waals surface area contributed by atoms with E-state index >= 15 is 0 Å². The predicted molar refractivity (Wildman–Crippen MR) is 87.5 cm³/mol. The van der Waals surface area contributed by atoms with Gasteiger partial charge >= 0.3 is 52.9 Å². The summed E-state index contributed by atoms with van der Waals surface area (Å²) in [4.78, 5) is 72.9. The van der Waals surface area contributed by atoms with Gasteiger partial charge in [0, 0.05) is 5.57 Å². The molecule has 30 heavy (non-hydrogen) atoms. The first kappa shape index (κ1) is 30.1. The minimum atomic E-state index is -6.36. The van der Waals surface area contributed by atoms with Crippen molar-refractivity contribution in [3.8, 4) is 0 Å². The van der Waals surface area contributed by atoms with E-state index in [1.54, 1.807) is 0 Å². The highest BCUT2D eigenvalue weighted by Crippen LogP contribution is 2.74. The summed E-state index contributed by atoms with van der Waals surface area (Å²) in [7, 11) is -36.7. The van der Waals surface area contributed by atoms with Gasteiger partial charge in [0.15, 0.2) is 0 Å². The van der Waals surface area contributed by atoms with Crippen LogP contribution >= 0.6 is 46.9 Å². The van der Waals surface area contributed by atoms with E-state index in [2.05, 4.69) is 32.7 Å². The Morgan fingerprint density at radius 2 is 0.867 bits per heavy atom. The Bertz CT molecular complexity index is 968. The second-order valence-corrected chi connectivity index (χ2v) is 13.5. The molecule has 0 amide bonds. The molecule has 0 aliphatic rings. The van der Waals surface area contributed by atoms with Crippen LogP contribution < -0.4 is 0 Å². The topological polar surface area (TPSA) is 316 Å². The average Bonchev–Trinajstić information content (AvgIpc) is 2.26. The van der Waals surface area contributed by atoms with E-state index < -0.39 is 58.5 Å². The van der Waals surface area contributed by atoms with Gasteiger partial charge in [0.25, 0.3) is 0 Å². The molecule has 0 saturated carbocycles. The lowest BCUT2D eigenvalue weighted by atomic mass is 10.4. The molecule has 0 radical (unpaired) electrons. The number of rotatable bonds is 12. The molecular formula is C4H12O20P6. The highest BCUT2D eigenvalue weighted by molar-refractivity contribution is 7.72. The SMILES string of the molecule is C=C(C)C(=O)OP(=O)(O)OP(=O)(O)OP(=O)(O)OP(=O)(O)OP(=O)(O)OP(=O)(O)O. The van der Waals surface area contributed by atoms with Crippen LogP contribution in [0.4, 0.5) is 0 Å². The summed E-state index contributed by atoms with van der Waals surface area (Å²) < 4.78 is 87.1. The largest absolute Gasteiger partial charge is 0.538 e. The van der Waals surface area contributed by atoms with Gasteiger partial charge in [0.1, 0.15) is 0 Å². The molecule has 0 aliphatic carbocycles. The van der Waals surface area contributed by atoms with Crippen LogP contribution in [0.1, 0.15) is 6.92 Å². The Labute approximate surface area is 165 Å². The number of carbonyl (C=O) groups excluding carboxylic acids is 1. The molecule has 0 heterocycles. The fourth-order valence-corrected chi connectivity index (χ4v) is 8.21. The Morgan fingerprint density at radius 3 is 1.13 bits per heavy atom. The third kappa shape index (κ3) is 13.5. The van der Waals surface area contributed by atoms with Gasteiger partial charge in [-0.25, -0.2) is 32.2 Å². The molecule has 0 aromatic heterocycles. The summed E-state index contributed by atoms with van der Waals surface area (Å²) in [6, 6.07) is 0. The van der Waals surface area contributed by atoms with Crippen LogP contribution in [0.25, 0.3) is 0 Å². The van der Waals surface area contributed by atoms with Crippen LogP contribution in [0.5, 0.6) is 0 Å². The molecule has 5 unspecified atom stereocenters. The molecule has 0 aliphatic heterocycles. The second kappa shape index (κ2) is 9.94. The standard InChI is InChI=1S/C4H12O20P6/c1-3(2)4(5)19-26(9,10)21-28(13,14)23-30(17,18)24-29(15,16)22-27(11,12)20-25(6,7)8/h1H2,2H3,(H,9,10)(H,11,12)(H,13,14)(H,15,16)(H,17,18)(H2,6,7,8). The summed E-state index contributed by atoms with van der Waals surface area (Å²) in [5, 5.41) is 0. The maximum atomic E-state index is 11.5. The lowest BCUT2D eigenvalue weighted by molar-refractivity contribution is -0.131. The van der Waals surface area contributed by atoms with Crippen molar-refractivity contribution in [3.63, 3.8) is 0 Å². The van der Waals surface area contributed by atoms with Gasteiger partial charge in [-0.3, -0.25) is 4.89 Å². The molecule has 5 atom stereocenters. The van der Waals surface area contributed by atoms with Gasteiger partial charge in [-0.1, -0.05) is 6.58 Å². The number of phosphoric ester groups is 1. The van der Waals surface area contributed by atoms with Crippen molar-refractivity contribution in [2.24, 2.45) is 0 Å². The van der Waals surface area contributed by atoms with E-state index in [4.69, 9.17) is 34.3 Å². The molecule has 0 bridgehead atoms. The Balaban J connectivity index is 5.33. The molecule has 0 saturated heterocycles. The third-order valence-electron chi connectivity index (χ3n) is 1.58. The second-order valence-electron chi connectivity index (χ2n) is 4.40. The number of hydrogen-bond acceptors (Lipinski definition) is 13. The van der Waals surface area contributed by atoms with Crippen molar-refractivity contribution in [3.05, 3.63) is 12.2 Å². The average molecular weight is 566 g/mol. The fraction of sp³-hybridized carbons (Fsp3) is 0.250. The van der Waals surface area contributed by atoms with E-state index in [1.165, 1.54) is 0 Å². The Hall–Kier alpha value is 0.110. The molecule has 7 N–H and O–H groups in total. The lowest BCUT2D eigenvalue weighted by Gasteiger charge is -2.20. The maximum absolute atomic E-state index is 11.5. The Kier molecular flexibility index (Phi) is 9.97. The van der Waals surface area contributed by atoms with Gasteiger partial charge in [-0.15, -0.1) is 0 Å². The Morgan fingerprint density at radius 1 is 0.600 bits per heavy atom. The van der Waals surface area contributed by atoms with Crippen LogP contribution in [0.3, 0.4) is 0 Å². The van der Waals surface area contributed by atoms with E-state index in [1.807, 2.05) is 0 Å². The molecule has 178 valence electrons. The normalized spacial score (nSPS) is 22.4. The van der Waals surface area contributed by atoms with E-state index in [0.717, 1.165) is 6.92 Å². The minimum Gasteiger partial charge on any atom is -0.367 e. The van der Waals surface area contributed by atoms with Gasteiger partial charge < -0.3 is 33.9 Å². The fourth-order valence-electron chi connectivity index (χ4n) is 0.915. The van der Waals surface area contributed by atoms with Crippen LogP contribution in [0, 0.1) is 0 Å². The molecule has 0 spiro atoms. The van der Waals surface area contributed by atoms with Crippen LogP contribution in [-0.4, -0.2) is 40.2 Å². The zero-order valence-electron chi connectivity index (χ0n) is 13.8. The van der Waals surface area contributed by atoms with Crippen molar-refractivity contribution in [2.75, 3.05) is 0 Å². The maximum Gasteiger partial charge on any atom is 0.538 e. The molecule has 20 nitrogen and oxygen atoms in total. The molecule has 0 aromatic carbocycles. The van der Waals surface area contributed by atoms with E-state index in [0.29, 0.717) is 0 Å². The van der Waals surface area contributed by atoms with Gasteiger partial charge in [0.2, 0.25) is 0 Å². The smallest absolute Gasteiger partial charge is 0.367 e. The quantitative estimate of drug-likeness (QED) is 0.127. The van der Waals surface area contributed by atoms with Crippen molar-refractivity contribution in [1.29, 1.82) is 0 Å². The van der Waals surface area contributed by atoms with Gasteiger partial charge in [-0.2, -0.15) is 21.6 Å². The van der Waals surface area contributed by atoms with E-state index in [-0.39, 0.29) is 0 Å². The highest BCUT2D eigenvalue weighted by atomic mass is 31.3. The third-order valence-corrected chi connectivity index (χ3v) is 10.3. The number of phosphoric acid groups is 6. The zero-order valence-corrected chi connectivity index (χ0v) is 19.2. The summed E-state index contributed by atoms with van der Waals surface area (Å²) in [6.07, 6.45) is 0. The van der Waals surface area contributed by atoms with Crippen LogP contribution in [0.15, 0.2) is 12.2 Å². The monoisotopic (exact) mass is 566 g/mol. The first-order chi connectivity index (χ1) is 12.9. The molecule has 0 fully saturated rings. The lowest BCUT2D eigenvalue weighted by Crippen LogP contribution is -2.05. The van der Waals surface area contributed by atoms with Crippen molar-refractivity contribution >= 4 is 52.9 Å². The number of hydrogen-bond donors (Lipinski definition) is 7. The highest BCUT2D eigenvalue weighted by Gasteiger charge is 2.49.